The predicted octanol–water partition coefficient (Wildman–Crippen LogP) is 4.50. The summed E-state index contributed by atoms with van der Waals surface area (Å²) in [6, 6.07) is 0. The molecule has 140 valence electrons. The molecule has 0 radical (unpaired) electrons. The summed E-state index contributed by atoms with van der Waals surface area (Å²) in [5.41, 5.74) is -0.691. The molecule has 3 rings (SSSR count). The third-order valence-corrected chi connectivity index (χ3v) is 6.87. The number of ether oxygens (including phenoxy) is 1. The third kappa shape index (κ3) is 3.68. The monoisotopic (exact) mass is 338 g/mol. The van der Waals surface area contributed by atoms with Crippen molar-refractivity contribution in [1.82, 2.24) is 0 Å². The molecule has 3 bridgehead atoms. The van der Waals surface area contributed by atoms with E-state index in [1.807, 2.05) is 0 Å². The summed E-state index contributed by atoms with van der Waals surface area (Å²) in [5.74, 6) is 1.37. The Balaban J connectivity index is 1.76. The Morgan fingerprint density at radius 1 is 1.04 bits per heavy atom. The minimum Gasteiger partial charge on any atom is -0.390 e. The number of hydrogen-bond donors (Lipinski definition) is 2. The van der Waals surface area contributed by atoms with Crippen molar-refractivity contribution in [2.75, 3.05) is 0 Å². The zero-order chi connectivity index (χ0) is 18.0. The Kier molecular flexibility index (Phi) is 4.42. The molecule has 3 saturated carbocycles. The fourth-order valence-electron chi connectivity index (χ4n) is 5.88. The lowest BCUT2D eigenvalue weighted by Gasteiger charge is -2.49. The van der Waals surface area contributed by atoms with Crippen molar-refractivity contribution in [3.8, 4) is 0 Å². The average molecular weight is 339 g/mol. The van der Waals surface area contributed by atoms with Gasteiger partial charge in [-0.05, 0) is 61.2 Å². The van der Waals surface area contributed by atoms with E-state index >= 15 is 0 Å². The summed E-state index contributed by atoms with van der Waals surface area (Å²) in [5, 5.41) is 22.0. The first-order valence-electron chi connectivity index (χ1n) is 9.89. The molecule has 0 aromatic heterocycles. The summed E-state index contributed by atoms with van der Waals surface area (Å²) in [7, 11) is 0. The van der Waals surface area contributed by atoms with Crippen LogP contribution in [-0.4, -0.2) is 27.7 Å². The van der Waals surface area contributed by atoms with Gasteiger partial charge in [0.15, 0.2) is 6.29 Å². The zero-order valence-corrected chi connectivity index (χ0v) is 16.6. The maximum Gasteiger partial charge on any atom is 0.158 e. The van der Waals surface area contributed by atoms with Crippen LogP contribution in [0.5, 0.6) is 0 Å². The molecule has 6 atom stereocenters. The first kappa shape index (κ1) is 18.7. The van der Waals surface area contributed by atoms with Crippen LogP contribution in [0.25, 0.3) is 0 Å². The van der Waals surface area contributed by atoms with Gasteiger partial charge < -0.3 is 14.9 Å². The Morgan fingerprint density at radius 3 is 2.25 bits per heavy atom. The van der Waals surface area contributed by atoms with Gasteiger partial charge in [-0.1, -0.05) is 41.5 Å². The number of aliphatic hydroxyl groups excluding tert-OH is 1. The van der Waals surface area contributed by atoms with Crippen molar-refractivity contribution in [2.24, 2.45) is 28.6 Å². The van der Waals surface area contributed by atoms with Crippen molar-refractivity contribution in [2.45, 2.75) is 104 Å². The third-order valence-electron chi connectivity index (χ3n) is 6.87. The average Bonchev–Trinajstić information content (AvgIpc) is 2.54. The van der Waals surface area contributed by atoms with E-state index in [0.717, 1.165) is 44.9 Å². The van der Waals surface area contributed by atoms with Crippen LogP contribution >= 0.6 is 0 Å². The van der Waals surface area contributed by atoms with Gasteiger partial charge in [0, 0.05) is 12.3 Å². The topological polar surface area (TPSA) is 49.7 Å². The highest BCUT2D eigenvalue weighted by Crippen LogP contribution is 2.60. The molecule has 2 N–H and O–H groups in total. The highest BCUT2D eigenvalue weighted by molar-refractivity contribution is 5.10. The minimum absolute atomic E-state index is 0.00884. The lowest BCUT2D eigenvalue weighted by atomic mass is 9.67. The van der Waals surface area contributed by atoms with E-state index in [2.05, 4.69) is 41.5 Å². The summed E-state index contributed by atoms with van der Waals surface area (Å²) >= 11 is 0. The molecule has 3 heteroatoms. The number of fused-ring (bicyclic) bond motifs is 2. The summed E-state index contributed by atoms with van der Waals surface area (Å²) < 4.78 is 6.44. The van der Waals surface area contributed by atoms with Crippen LogP contribution in [0.3, 0.4) is 0 Å². The molecule has 0 aromatic rings. The minimum atomic E-state index is -0.748. The molecule has 3 aliphatic rings. The van der Waals surface area contributed by atoms with Gasteiger partial charge in [0.2, 0.25) is 0 Å². The lowest BCUT2D eigenvalue weighted by Crippen LogP contribution is -2.51. The van der Waals surface area contributed by atoms with Crippen molar-refractivity contribution in [1.29, 1.82) is 0 Å². The summed E-state index contributed by atoms with van der Waals surface area (Å²) in [6.45, 7) is 13.3. The Hall–Kier alpha value is -0.120. The van der Waals surface area contributed by atoms with Crippen molar-refractivity contribution < 1.29 is 14.9 Å². The van der Waals surface area contributed by atoms with Gasteiger partial charge in [-0.2, -0.15) is 0 Å². The highest BCUT2D eigenvalue weighted by atomic mass is 16.6. The Morgan fingerprint density at radius 2 is 1.67 bits per heavy atom. The molecule has 0 aliphatic heterocycles. The van der Waals surface area contributed by atoms with Crippen molar-refractivity contribution in [3.63, 3.8) is 0 Å². The molecule has 0 saturated heterocycles. The first-order chi connectivity index (χ1) is 10.8. The van der Waals surface area contributed by atoms with E-state index in [1.165, 1.54) is 0 Å². The molecule has 24 heavy (non-hydrogen) atoms. The fraction of sp³-hybridized carbons (Fsp3) is 1.00. The van der Waals surface area contributed by atoms with Crippen LogP contribution in [0.2, 0.25) is 0 Å². The normalized spacial score (nSPS) is 41.5. The van der Waals surface area contributed by atoms with Crippen LogP contribution in [0.1, 0.15) is 86.5 Å². The van der Waals surface area contributed by atoms with Crippen LogP contribution in [0.4, 0.5) is 0 Å². The molecule has 3 nitrogen and oxygen atoms in total. The predicted molar refractivity (Wildman–Crippen MR) is 96.5 cm³/mol. The summed E-state index contributed by atoms with van der Waals surface area (Å²) in [6.07, 6.45) is 5.98. The first-order valence-corrected chi connectivity index (χ1v) is 9.89. The second-order valence-electron chi connectivity index (χ2n) is 11.5. The van der Waals surface area contributed by atoms with Gasteiger partial charge >= 0.3 is 0 Å². The molecular formula is C21H38O3. The van der Waals surface area contributed by atoms with Crippen LogP contribution in [0.15, 0.2) is 0 Å². The largest absolute Gasteiger partial charge is 0.390 e. The molecule has 0 heterocycles. The second kappa shape index (κ2) is 5.69. The van der Waals surface area contributed by atoms with Crippen LogP contribution in [-0.2, 0) is 4.74 Å². The van der Waals surface area contributed by atoms with Gasteiger partial charge in [-0.3, -0.25) is 0 Å². The smallest absolute Gasteiger partial charge is 0.158 e. The standard InChI is InChI=1S/C21H38O3/c1-18(2,3)12-16(19(4,5)6)17(22)24-21-8-7-14-9-20(23,13-21)10-15(14)11-21/h14-17,22-23H,7-13H2,1-6H3. The van der Waals surface area contributed by atoms with E-state index in [0.29, 0.717) is 11.8 Å². The van der Waals surface area contributed by atoms with Crippen LogP contribution in [0, 0.1) is 28.6 Å². The number of aliphatic hydroxyl groups is 2. The molecule has 0 amide bonds. The van der Waals surface area contributed by atoms with Gasteiger partial charge in [0.25, 0.3) is 0 Å². The zero-order valence-electron chi connectivity index (χ0n) is 16.6. The van der Waals surface area contributed by atoms with Gasteiger partial charge in [-0.15, -0.1) is 0 Å². The van der Waals surface area contributed by atoms with Gasteiger partial charge in [0.05, 0.1) is 11.2 Å². The second-order valence-corrected chi connectivity index (χ2v) is 11.5. The van der Waals surface area contributed by atoms with Crippen molar-refractivity contribution in [3.05, 3.63) is 0 Å². The molecule has 3 fully saturated rings. The number of hydrogen-bond acceptors (Lipinski definition) is 3. The summed E-state index contributed by atoms with van der Waals surface area (Å²) in [4.78, 5) is 0. The lowest BCUT2D eigenvalue weighted by molar-refractivity contribution is -0.257. The molecule has 3 aliphatic carbocycles. The highest BCUT2D eigenvalue weighted by Gasteiger charge is 2.59. The maximum absolute atomic E-state index is 11.0. The van der Waals surface area contributed by atoms with Gasteiger partial charge in [0.1, 0.15) is 0 Å². The van der Waals surface area contributed by atoms with E-state index in [4.69, 9.17) is 4.74 Å². The maximum atomic E-state index is 11.0. The van der Waals surface area contributed by atoms with Crippen molar-refractivity contribution >= 4 is 0 Å². The quantitative estimate of drug-likeness (QED) is 0.742. The Labute approximate surface area is 148 Å². The van der Waals surface area contributed by atoms with Gasteiger partial charge in [-0.25, -0.2) is 0 Å². The van der Waals surface area contributed by atoms with E-state index in [-0.39, 0.29) is 22.3 Å². The van der Waals surface area contributed by atoms with E-state index < -0.39 is 11.9 Å². The molecule has 0 spiro atoms. The van der Waals surface area contributed by atoms with Crippen LogP contribution < -0.4 is 0 Å². The SMILES string of the molecule is CC(C)(C)CC(C(O)OC12CCC3CC(O)(CC3C1)C2)C(C)(C)C. The molecule has 0 aromatic carbocycles. The Bertz CT molecular complexity index is 474. The van der Waals surface area contributed by atoms with E-state index in [9.17, 15) is 10.2 Å². The molecule has 6 unspecified atom stereocenters. The van der Waals surface area contributed by atoms with E-state index in [1.54, 1.807) is 0 Å². The number of rotatable bonds is 4. The fourth-order valence-corrected chi connectivity index (χ4v) is 5.88. The molecular weight excluding hydrogens is 300 g/mol.